The fraction of sp³-hybridized carbons (Fsp3) is 1.00. The van der Waals surface area contributed by atoms with E-state index in [9.17, 15) is 0 Å². The maximum absolute atomic E-state index is 6.00. The average Bonchev–Trinajstić information content (AvgIpc) is 1.96. The number of nitrogens with one attached hydrogen (secondary N) is 2. The molecule has 2 aliphatic rings. The molecule has 0 amide bonds. The molecule has 0 aromatic heterocycles. The van der Waals surface area contributed by atoms with Gasteiger partial charge in [0.05, 0.1) is 0 Å². The number of hydrogen-bond donors (Lipinski definition) is 3. The molecule has 4 unspecified atom stereocenters. The van der Waals surface area contributed by atoms with E-state index in [1.54, 1.807) is 0 Å². The van der Waals surface area contributed by atoms with Gasteiger partial charge in [-0.25, -0.2) is 0 Å². The lowest BCUT2D eigenvalue weighted by Gasteiger charge is -2.51. The van der Waals surface area contributed by atoms with E-state index in [1.807, 2.05) is 0 Å². The molecule has 2 rings (SSSR count). The molecule has 0 spiro atoms. The van der Waals surface area contributed by atoms with E-state index in [0.717, 1.165) is 19.4 Å². The van der Waals surface area contributed by atoms with Gasteiger partial charge in [-0.15, -0.1) is 0 Å². The van der Waals surface area contributed by atoms with Crippen LogP contribution in [-0.2, 0) is 0 Å². The minimum absolute atomic E-state index is 0.223. The summed E-state index contributed by atoms with van der Waals surface area (Å²) in [5, 5.41) is 7.19. The first-order valence-electron chi connectivity index (χ1n) is 4.87. The van der Waals surface area contributed by atoms with Gasteiger partial charge in [-0.05, 0) is 26.7 Å². The fourth-order valence-electron chi connectivity index (χ4n) is 2.56. The van der Waals surface area contributed by atoms with Crippen LogP contribution in [0.25, 0.3) is 0 Å². The molecule has 0 aliphatic carbocycles. The Morgan fingerprint density at radius 2 is 2.25 bits per heavy atom. The van der Waals surface area contributed by atoms with Crippen molar-refractivity contribution in [2.75, 3.05) is 6.54 Å². The molecule has 0 aromatic carbocycles. The van der Waals surface area contributed by atoms with Crippen LogP contribution in [0.2, 0.25) is 0 Å². The molecule has 4 atom stereocenters. The Morgan fingerprint density at radius 3 is 3.00 bits per heavy atom. The molecule has 3 nitrogen and oxygen atoms in total. The number of hydrogen-bond acceptors (Lipinski definition) is 3. The summed E-state index contributed by atoms with van der Waals surface area (Å²) in [5.41, 5.74) is 6.23. The van der Waals surface area contributed by atoms with E-state index in [0.29, 0.717) is 18.1 Å². The van der Waals surface area contributed by atoms with Crippen molar-refractivity contribution in [3.63, 3.8) is 0 Å². The van der Waals surface area contributed by atoms with Crippen molar-refractivity contribution in [3.05, 3.63) is 0 Å². The Morgan fingerprint density at radius 1 is 1.50 bits per heavy atom. The number of fused-ring (bicyclic) bond motifs is 2. The fourth-order valence-corrected chi connectivity index (χ4v) is 2.56. The third kappa shape index (κ3) is 1.26. The standard InChI is InChI=1S/C9H19N3/c1-6-9(2)4-7(10)3-8(12-9)5-11-6/h6-8,11-12H,3-5,10H2,1-2H3. The largest absolute Gasteiger partial charge is 0.328 e. The molecular weight excluding hydrogens is 150 g/mol. The molecule has 12 heavy (non-hydrogen) atoms. The van der Waals surface area contributed by atoms with Crippen LogP contribution in [-0.4, -0.2) is 30.2 Å². The lowest BCUT2D eigenvalue weighted by molar-refractivity contribution is 0.117. The SMILES string of the molecule is CC1NCC2CC(N)CC1(C)N2. The van der Waals surface area contributed by atoms with Crippen molar-refractivity contribution in [1.82, 2.24) is 10.6 Å². The monoisotopic (exact) mass is 169 g/mol. The van der Waals surface area contributed by atoms with E-state index >= 15 is 0 Å². The summed E-state index contributed by atoms with van der Waals surface area (Å²) in [6.45, 7) is 5.58. The van der Waals surface area contributed by atoms with Crippen LogP contribution in [0.4, 0.5) is 0 Å². The Labute approximate surface area is 74.1 Å². The van der Waals surface area contributed by atoms with E-state index in [1.165, 1.54) is 0 Å². The number of piperazine rings is 1. The van der Waals surface area contributed by atoms with Gasteiger partial charge < -0.3 is 16.4 Å². The first kappa shape index (κ1) is 8.48. The molecule has 2 saturated heterocycles. The highest BCUT2D eigenvalue weighted by molar-refractivity contribution is 5.06. The third-order valence-electron chi connectivity index (χ3n) is 3.43. The van der Waals surface area contributed by atoms with Crippen LogP contribution in [0.5, 0.6) is 0 Å². The second-order valence-electron chi connectivity index (χ2n) is 4.59. The predicted molar refractivity (Wildman–Crippen MR) is 50.0 cm³/mol. The van der Waals surface area contributed by atoms with Crippen LogP contribution in [0, 0.1) is 0 Å². The average molecular weight is 169 g/mol. The molecule has 3 heteroatoms. The van der Waals surface area contributed by atoms with Gasteiger partial charge in [0.1, 0.15) is 0 Å². The topological polar surface area (TPSA) is 50.1 Å². The first-order valence-corrected chi connectivity index (χ1v) is 4.87. The first-order chi connectivity index (χ1) is 5.60. The smallest absolute Gasteiger partial charge is 0.0321 e. The third-order valence-corrected chi connectivity index (χ3v) is 3.43. The van der Waals surface area contributed by atoms with Gasteiger partial charge >= 0.3 is 0 Å². The quantitative estimate of drug-likeness (QED) is 0.471. The van der Waals surface area contributed by atoms with Gasteiger partial charge in [0.25, 0.3) is 0 Å². The molecule has 2 bridgehead atoms. The molecule has 70 valence electrons. The van der Waals surface area contributed by atoms with Gasteiger partial charge in [0.2, 0.25) is 0 Å². The zero-order chi connectivity index (χ0) is 8.77. The van der Waals surface area contributed by atoms with Crippen LogP contribution < -0.4 is 16.4 Å². The van der Waals surface area contributed by atoms with Crippen molar-refractivity contribution in [1.29, 1.82) is 0 Å². The van der Waals surface area contributed by atoms with Gasteiger partial charge in [-0.1, -0.05) is 0 Å². The second kappa shape index (κ2) is 2.69. The van der Waals surface area contributed by atoms with Crippen LogP contribution in [0.15, 0.2) is 0 Å². The zero-order valence-electron chi connectivity index (χ0n) is 7.93. The van der Waals surface area contributed by atoms with E-state index < -0.39 is 0 Å². The zero-order valence-corrected chi connectivity index (χ0v) is 7.93. The van der Waals surface area contributed by atoms with E-state index in [2.05, 4.69) is 24.5 Å². The molecular formula is C9H19N3. The Balaban J connectivity index is 2.15. The Kier molecular flexibility index (Phi) is 1.90. The molecule has 4 N–H and O–H groups in total. The van der Waals surface area contributed by atoms with Crippen LogP contribution in [0.3, 0.4) is 0 Å². The summed E-state index contributed by atoms with van der Waals surface area (Å²) in [7, 11) is 0. The highest BCUT2D eigenvalue weighted by atomic mass is 15.2. The number of rotatable bonds is 0. The van der Waals surface area contributed by atoms with E-state index in [-0.39, 0.29) is 5.54 Å². The summed E-state index contributed by atoms with van der Waals surface area (Å²) in [6.07, 6.45) is 2.22. The van der Waals surface area contributed by atoms with Gasteiger partial charge in [-0.3, -0.25) is 0 Å². The van der Waals surface area contributed by atoms with Gasteiger partial charge in [0.15, 0.2) is 0 Å². The van der Waals surface area contributed by atoms with Crippen molar-refractivity contribution in [3.8, 4) is 0 Å². The maximum Gasteiger partial charge on any atom is 0.0321 e. The molecule has 2 fully saturated rings. The highest BCUT2D eigenvalue weighted by Gasteiger charge is 2.42. The lowest BCUT2D eigenvalue weighted by atomic mass is 9.77. The van der Waals surface area contributed by atoms with Crippen LogP contribution in [0.1, 0.15) is 26.7 Å². The van der Waals surface area contributed by atoms with Crippen molar-refractivity contribution in [2.24, 2.45) is 5.73 Å². The number of nitrogens with two attached hydrogens (primary N) is 1. The summed E-state index contributed by atoms with van der Waals surface area (Å²) in [4.78, 5) is 0. The summed E-state index contributed by atoms with van der Waals surface area (Å²) in [5.74, 6) is 0. The van der Waals surface area contributed by atoms with Gasteiger partial charge in [0, 0.05) is 30.2 Å². The lowest BCUT2D eigenvalue weighted by Crippen LogP contribution is -2.71. The highest BCUT2D eigenvalue weighted by Crippen LogP contribution is 2.27. The molecule has 2 aliphatic heterocycles. The van der Waals surface area contributed by atoms with Crippen molar-refractivity contribution in [2.45, 2.75) is 50.4 Å². The van der Waals surface area contributed by atoms with Crippen molar-refractivity contribution < 1.29 is 0 Å². The molecule has 0 saturated carbocycles. The van der Waals surface area contributed by atoms with Crippen molar-refractivity contribution >= 4 is 0 Å². The summed E-state index contributed by atoms with van der Waals surface area (Å²) in [6, 6.07) is 1.53. The minimum Gasteiger partial charge on any atom is -0.328 e. The molecule has 0 aromatic rings. The van der Waals surface area contributed by atoms with E-state index in [4.69, 9.17) is 5.73 Å². The molecule has 2 heterocycles. The Hall–Kier alpha value is -0.120. The maximum atomic E-state index is 6.00. The minimum atomic E-state index is 0.223. The second-order valence-corrected chi connectivity index (χ2v) is 4.59. The van der Waals surface area contributed by atoms with Crippen LogP contribution >= 0.6 is 0 Å². The predicted octanol–water partition coefficient (Wildman–Crippen LogP) is -0.184. The number of piperidine rings is 1. The Bertz CT molecular complexity index is 179. The normalized spacial score (nSPS) is 53.8. The summed E-state index contributed by atoms with van der Waals surface area (Å²) >= 11 is 0. The molecule has 0 radical (unpaired) electrons. The van der Waals surface area contributed by atoms with Gasteiger partial charge in [-0.2, -0.15) is 0 Å². The summed E-state index contributed by atoms with van der Waals surface area (Å²) < 4.78 is 0.